The molecule has 1 aromatic carbocycles. The topological polar surface area (TPSA) is 75.3 Å². The predicted molar refractivity (Wildman–Crippen MR) is 79.7 cm³/mol. The second-order valence-electron chi connectivity index (χ2n) is 4.80. The van der Waals surface area contributed by atoms with E-state index in [2.05, 4.69) is 26.0 Å². The molecule has 0 aromatic heterocycles. The largest absolute Gasteiger partial charge is 0.353 e. The highest BCUT2D eigenvalue weighted by Crippen LogP contribution is 2.18. The summed E-state index contributed by atoms with van der Waals surface area (Å²) >= 11 is 3.26. The first-order chi connectivity index (χ1) is 9.47. The van der Waals surface area contributed by atoms with Crippen LogP contribution in [0.15, 0.2) is 33.6 Å². The minimum absolute atomic E-state index is 0.00432. The molecule has 0 heterocycles. The first-order valence-electron chi connectivity index (χ1n) is 6.52. The molecule has 0 unspecified atom stereocenters. The number of halogens is 1. The van der Waals surface area contributed by atoms with Gasteiger partial charge in [0.15, 0.2) is 0 Å². The maximum atomic E-state index is 11.9. The van der Waals surface area contributed by atoms with Crippen molar-refractivity contribution in [1.82, 2.24) is 10.0 Å². The van der Waals surface area contributed by atoms with Crippen LogP contribution in [0.2, 0.25) is 0 Å². The van der Waals surface area contributed by atoms with Crippen molar-refractivity contribution in [1.29, 1.82) is 0 Å². The molecule has 0 spiro atoms. The molecule has 1 aliphatic rings. The molecule has 0 radical (unpaired) electrons. The molecule has 2 rings (SSSR count). The maximum Gasteiger partial charge on any atom is 0.240 e. The van der Waals surface area contributed by atoms with Crippen LogP contribution >= 0.6 is 15.9 Å². The molecule has 110 valence electrons. The summed E-state index contributed by atoms with van der Waals surface area (Å²) in [6.07, 6.45) is 2.96. The van der Waals surface area contributed by atoms with Gasteiger partial charge in [0.05, 0.1) is 4.90 Å². The van der Waals surface area contributed by atoms with Crippen LogP contribution in [0.3, 0.4) is 0 Å². The SMILES string of the molecule is O=C(CCCNS(=O)(=O)c1ccc(Br)cc1)NC1CC1. The van der Waals surface area contributed by atoms with E-state index >= 15 is 0 Å². The van der Waals surface area contributed by atoms with Crippen LogP contribution in [0.4, 0.5) is 0 Å². The van der Waals surface area contributed by atoms with Crippen molar-refractivity contribution >= 4 is 31.9 Å². The van der Waals surface area contributed by atoms with Gasteiger partial charge >= 0.3 is 0 Å². The Balaban J connectivity index is 1.74. The Hall–Kier alpha value is -0.920. The predicted octanol–water partition coefficient (Wildman–Crippen LogP) is 1.79. The Labute approximate surface area is 127 Å². The molecule has 0 saturated heterocycles. The summed E-state index contributed by atoms with van der Waals surface area (Å²) in [6.45, 7) is 0.260. The van der Waals surface area contributed by atoms with Crippen molar-refractivity contribution < 1.29 is 13.2 Å². The number of hydrogen-bond donors (Lipinski definition) is 2. The zero-order chi connectivity index (χ0) is 14.6. The molecule has 1 aliphatic carbocycles. The Kier molecular flexibility index (Phi) is 5.17. The molecule has 7 heteroatoms. The fourth-order valence-electron chi connectivity index (χ4n) is 1.68. The number of hydrogen-bond acceptors (Lipinski definition) is 3. The number of carbonyl (C=O) groups is 1. The van der Waals surface area contributed by atoms with E-state index in [4.69, 9.17) is 0 Å². The van der Waals surface area contributed by atoms with Gasteiger partial charge in [0.1, 0.15) is 0 Å². The lowest BCUT2D eigenvalue weighted by Gasteiger charge is -2.07. The monoisotopic (exact) mass is 360 g/mol. The third-order valence-electron chi connectivity index (χ3n) is 2.94. The Morgan fingerprint density at radius 1 is 1.25 bits per heavy atom. The zero-order valence-corrected chi connectivity index (χ0v) is 13.3. The number of sulfonamides is 1. The molecule has 20 heavy (non-hydrogen) atoms. The van der Waals surface area contributed by atoms with Gasteiger partial charge in [-0.1, -0.05) is 15.9 Å². The van der Waals surface area contributed by atoms with Gasteiger partial charge in [-0.15, -0.1) is 0 Å². The van der Waals surface area contributed by atoms with E-state index < -0.39 is 10.0 Å². The molecule has 1 fully saturated rings. The standard InChI is InChI=1S/C13H17BrN2O3S/c14-10-3-7-12(8-4-10)20(18,19)15-9-1-2-13(17)16-11-5-6-11/h3-4,7-8,11,15H,1-2,5-6,9H2,(H,16,17). The minimum atomic E-state index is -3.49. The van der Waals surface area contributed by atoms with Crippen LogP contribution < -0.4 is 10.0 Å². The first-order valence-corrected chi connectivity index (χ1v) is 8.79. The lowest BCUT2D eigenvalue weighted by molar-refractivity contribution is -0.121. The van der Waals surface area contributed by atoms with Gasteiger partial charge in [-0.3, -0.25) is 4.79 Å². The number of carbonyl (C=O) groups excluding carboxylic acids is 1. The van der Waals surface area contributed by atoms with Crippen LogP contribution in [-0.2, 0) is 14.8 Å². The van der Waals surface area contributed by atoms with Gasteiger partial charge in [0, 0.05) is 23.5 Å². The third kappa shape index (κ3) is 4.88. The molecular formula is C13H17BrN2O3S. The fourth-order valence-corrected chi connectivity index (χ4v) is 3.02. The highest BCUT2D eigenvalue weighted by atomic mass is 79.9. The average molecular weight is 361 g/mol. The van der Waals surface area contributed by atoms with E-state index in [-0.39, 0.29) is 17.3 Å². The van der Waals surface area contributed by atoms with Crippen molar-refractivity contribution in [3.8, 4) is 0 Å². The van der Waals surface area contributed by atoms with Crippen molar-refractivity contribution in [2.24, 2.45) is 0 Å². The zero-order valence-electron chi connectivity index (χ0n) is 10.9. The van der Waals surface area contributed by atoms with Crippen LogP contribution in [0.5, 0.6) is 0 Å². The van der Waals surface area contributed by atoms with E-state index in [0.29, 0.717) is 18.9 Å². The lowest BCUT2D eigenvalue weighted by Crippen LogP contribution is -2.28. The van der Waals surface area contributed by atoms with Crippen LogP contribution in [0.1, 0.15) is 25.7 Å². The quantitative estimate of drug-likeness (QED) is 0.727. The Morgan fingerprint density at radius 3 is 2.50 bits per heavy atom. The van der Waals surface area contributed by atoms with Gasteiger partial charge in [0.25, 0.3) is 0 Å². The van der Waals surface area contributed by atoms with Crippen molar-refractivity contribution in [2.45, 2.75) is 36.6 Å². The fraction of sp³-hybridized carbons (Fsp3) is 0.462. The van der Waals surface area contributed by atoms with Gasteiger partial charge in [0.2, 0.25) is 15.9 Å². The molecule has 0 atom stereocenters. The number of amides is 1. The molecular weight excluding hydrogens is 344 g/mol. The van der Waals surface area contributed by atoms with Gasteiger partial charge < -0.3 is 5.32 Å². The molecule has 0 aliphatic heterocycles. The summed E-state index contributed by atoms with van der Waals surface area (Å²) in [6, 6.07) is 6.77. The van der Waals surface area contributed by atoms with E-state index in [1.165, 1.54) is 12.1 Å². The molecule has 2 N–H and O–H groups in total. The van der Waals surface area contributed by atoms with E-state index in [9.17, 15) is 13.2 Å². The second-order valence-corrected chi connectivity index (χ2v) is 7.48. The third-order valence-corrected chi connectivity index (χ3v) is 4.94. The van der Waals surface area contributed by atoms with Gasteiger partial charge in [-0.25, -0.2) is 13.1 Å². The van der Waals surface area contributed by atoms with Crippen molar-refractivity contribution in [3.05, 3.63) is 28.7 Å². The maximum absolute atomic E-state index is 11.9. The lowest BCUT2D eigenvalue weighted by atomic mass is 10.3. The summed E-state index contributed by atoms with van der Waals surface area (Å²) < 4.78 is 27.2. The van der Waals surface area contributed by atoms with E-state index in [1.807, 2.05) is 0 Å². The highest BCUT2D eigenvalue weighted by Gasteiger charge is 2.22. The Morgan fingerprint density at radius 2 is 1.90 bits per heavy atom. The van der Waals surface area contributed by atoms with E-state index in [0.717, 1.165) is 17.3 Å². The molecule has 0 bridgehead atoms. The van der Waals surface area contributed by atoms with Gasteiger partial charge in [-0.2, -0.15) is 0 Å². The number of nitrogens with one attached hydrogen (secondary N) is 2. The number of rotatable bonds is 7. The normalized spacial score (nSPS) is 15.1. The summed E-state index contributed by atoms with van der Waals surface area (Å²) in [5.41, 5.74) is 0. The minimum Gasteiger partial charge on any atom is -0.353 e. The smallest absolute Gasteiger partial charge is 0.240 e. The van der Waals surface area contributed by atoms with E-state index in [1.54, 1.807) is 12.1 Å². The summed E-state index contributed by atoms with van der Waals surface area (Å²) in [5.74, 6) is -0.00432. The molecule has 5 nitrogen and oxygen atoms in total. The Bertz CT molecular complexity index is 568. The van der Waals surface area contributed by atoms with Crippen molar-refractivity contribution in [2.75, 3.05) is 6.54 Å². The highest BCUT2D eigenvalue weighted by molar-refractivity contribution is 9.10. The average Bonchev–Trinajstić information content (AvgIpc) is 3.19. The molecule has 1 aromatic rings. The van der Waals surface area contributed by atoms with Crippen molar-refractivity contribution in [3.63, 3.8) is 0 Å². The van der Waals surface area contributed by atoms with Crippen LogP contribution in [0, 0.1) is 0 Å². The van der Waals surface area contributed by atoms with Gasteiger partial charge in [-0.05, 0) is 43.5 Å². The summed E-state index contributed by atoms with van der Waals surface area (Å²) in [7, 11) is -3.49. The van der Waals surface area contributed by atoms with Crippen LogP contribution in [-0.4, -0.2) is 26.9 Å². The summed E-state index contributed by atoms with van der Waals surface area (Å²) in [4.78, 5) is 11.7. The second kappa shape index (κ2) is 6.69. The molecule has 1 saturated carbocycles. The van der Waals surface area contributed by atoms with Crippen LogP contribution in [0.25, 0.3) is 0 Å². The molecule has 1 amide bonds. The first kappa shape index (κ1) is 15.5. The summed E-state index contributed by atoms with van der Waals surface area (Å²) in [5, 5.41) is 2.87. The number of benzene rings is 1.